The molecule has 0 aromatic rings. The Hall–Kier alpha value is -0.0800. The summed E-state index contributed by atoms with van der Waals surface area (Å²) in [6.45, 7) is 7.40. The molecule has 18 heavy (non-hydrogen) atoms. The Morgan fingerprint density at radius 3 is 2.44 bits per heavy atom. The molecule has 0 bridgehead atoms. The van der Waals surface area contributed by atoms with E-state index in [4.69, 9.17) is 0 Å². The summed E-state index contributed by atoms with van der Waals surface area (Å²) in [4.78, 5) is 2.81. The standard InChI is InChI=1S/C16H32N2/c1-4-8-14(17-3)15(5-2)18-12-11-16(13-18)9-6-7-10-16/h14-15,17H,4-13H2,1-3H3. The molecular weight excluding hydrogens is 220 g/mol. The van der Waals surface area contributed by atoms with Crippen LogP contribution in [0.5, 0.6) is 0 Å². The first-order valence-electron chi connectivity index (χ1n) is 8.16. The van der Waals surface area contributed by atoms with E-state index in [-0.39, 0.29) is 0 Å². The lowest BCUT2D eigenvalue weighted by Crippen LogP contribution is -2.48. The fourth-order valence-corrected chi connectivity index (χ4v) is 4.42. The predicted molar refractivity (Wildman–Crippen MR) is 78.9 cm³/mol. The van der Waals surface area contributed by atoms with Crippen LogP contribution in [-0.4, -0.2) is 37.1 Å². The van der Waals surface area contributed by atoms with Gasteiger partial charge in [0.1, 0.15) is 0 Å². The van der Waals surface area contributed by atoms with Crippen molar-refractivity contribution in [1.29, 1.82) is 0 Å². The van der Waals surface area contributed by atoms with Gasteiger partial charge in [0.2, 0.25) is 0 Å². The second-order valence-corrected chi connectivity index (χ2v) is 6.59. The molecule has 2 aliphatic rings. The lowest BCUT2D eigenvalue weighted by Gasteiger charge is -2.35. The molecule has 1 saturated heterocycles. The van der Waals surface area contributed by atoms with E-state index in [9.17, 15) is 0 Å². The maximum Gasteiger partial charge on any atom is 0.0246 e. The summed E-state index contributed by atoms with van der Waals surface area (Å²) in [5.74, 6) is 0. The normalized spacial score (nSPS) is 26.8. The minimum absolute atomic E-state index is 0.691. The van der Waals surface area contributed by atoms with Gasteiger partial charge in [0.15, 0.2) is 0 Å². The van der Waals surface area contributed by atoms with Crippen molar-refractivity contribution in [2.45, 2.75) is 77.3 Å². The van der Waals surface area contributed by atoms with Gasteiger partial charge in [-0.15, -0.1) is 0 Å². The van der Waals surface area contributed by atoms with E-state index >= 15 is 0 Å². The van der Waals surface area contributed by atoms with Crippen molar-refractivity contribution in [1.82, 2.24) is 10.2 Å². The van der Waals surface area contributed by atoms with Crippen LogP contribution in [0.1, 0.15) is 65.2 Å². The Balaban J connectivity index is 1.96. The smallest absolute Gasteiger partial charge is 0.0246 e. The predicted octanol–water partition coefficient (Wildman–Crippen LogP) is 3.42. The number of hydrogen-bond acceptors (Lipinski definition) is 2. The minimum atomic E-state index is 0.691. The Morgan fingerprint density at radius 2 is 1.89 bits per heavy atom. The summed E-state index contributed by atoms with van der Waals surface area (Å²) in [6.07, 6.45) is 11.3. The van der Waals surface area contributed by atoms with Crippen LogP contribution in [-0.2, 0) is 0 Å². The van der Waals surface area contributed by atoms with E-state index in [1.54, 1.807) is 0 Å². The molecule has 0 radical (unpaired) electrons. The van der Waals surface area contributed by atoms with E-state index in [2.05, 4.69) is 31.1 Å². The highest BCUT2D eigenvalue weighted by Gasteiger charge is 2.42. The molecule has 2 heteroatoms. The molecule has 106 valence electrons. The number of nitrogens with zero attached hydrogens (tertiary/aromatic N) is 1. The fourth-order valence-electron chi connectivity index (χ4n) is 4.42. The Kier molecular flexibility index (Phi) is 5.08. The number of nitrogens with one attached hydrogen (secondary N) is 1. The third-order valence-corrected chi connectivity index (χ3v) is 5.45. The van der Waals surface area contributed by atoms with Gasteiger partial charge in [-0.05, 0) is 51.1 Å². The fraction of sp³-hybridized carbons (Fsp3) is 1.00. The van der Waals surface area contributed by atoms with Crippen LogP contribution in [0.15, 0.2) is 0 Å². The maximum atomic E-state index is 3.57. The highest BCUT2D eigenvalue weighted by molar-refractivity contribution is 4.97. The SMILES string of the molecule is CCCC(NC)C(CC)N1CCC2(CCCC2)C1. The topological polar surface area (TPSA) is 15.3 Å². The first-order valence-corrected chi connectivity index (χ1v) is 8.16. The average molecular weight is 252 g/mol. The zero-order chi connectivity index (χ0) is 13.0. The second-order valence-electron chi connectivity index (χ2n) is 6.59. The van der Waals surface area contributed by atoms with Gasteiger partial charge >= 0.3 is 0 Å². The Morgan fingerprint density at radius 1 is 1.17 bits per heavy atom. The zero-order valence-corrected chi connectivity index (χ0v) is 12.7. The van der Waals surface area contributed by atoms with E-state index in [1.807, 2.05) is 0 Å². The lowest BCUT2D eigenvalue weighted by molar-refractivity contribution is 0.160. The number of likely N-dealkylation sites (N-methyl/N-ethyl adjacent to an activating group) is 1. The third-order valence-electron chi connectivity index (χ3n) is 5.45. The van der Waals surface area contributed by atoms with Gasteiger partial charge in [0.05, 0.1) is 0 Å². The quantitative estimate of drug-likeness (QED) is 0.779. The molecule has 2 nitrogen and oxygen atoms in total. The maximum absolute atomic E-state index is 3.57. The van der Waals surface area contributed by atoms with Crippen LogP contribution in [0.3, 0.4) is 0 Å². The molecule has 1 aliphatic carbocycles. The second kappa shape index (κ2) is 6.38. The molecule has 1 heterocycles. The largest absolute Gasteiger partial charge is 0.315 e. The van der Waals surface area contributed by atoms with Crippen LogP contribution in [0.25, 0.3) is 0 Å². The van der Waals surface area contributed by atoms with Crippen LogP contribution < -0.4 is 5.32 Å². The van der Waals surface area contributed by atoms with E-state index in [0.717, 1.165) is 11.5 Å². The number of hydrogen-bond donors (Lipinski definition) is 1. The summed E-state index contributed by atoms with van der Waals surface area (Å²) < 4.78 is 0. The molecule has 1 aliphatic heterocycles. The summed E-state index contributed by atoms with van der Waals surface area (Å²) >= 11 is 0. The van der Waals surface area contributed by atoms with Crippen LogP contribution >= 0.6 is 0 Å². The van der Waals surface area contributed by atoms with Crippen molar-refractivity contribution in [2.75, 3.05) is 20.1 Å². The summed E-state index contributed by atoms with van der Waals surface area (Å²) in [6, 6.07) is 1.45. The minimum Gasteiger partial charge on any atom is -0.315 e. The zero-order valence-electron chi connectivity index (χ0n) is 12.7. The third kappa shape index (κ3) is 2.91. The van der Waals surface area contributed by atoms with Crippen molar-refractivity contribution in [3.05, 3.63) is 0 Å². The number of rotatable bonds is 6. The van der Waals surface area contributed by atoms with Crippen LogP contribution in [0.2, 0.25) is 0 Å². The molecule has 0 aromatic carbocycles. The molecule has 0 amide bonds. The van der Waals surface area contributed by atoms with Crippen LogP contribution in [0, 0.1) is 5.41 Å². The van der Waals surface area contributed by atoms with Gasteiger partial charge in [-0.25, -0.2) is 0 Å². The average Bonchev–Trinajstić information content (AvgIpc) is 3.01. The molecule has 0 aromatic heterocycles. The van der Waals surface area contributed by atoms with Gasteiger partial charge in [0, 0.05) is 18.6 Å². The molecule has 1 spiro atoms. The summed E-state index contributed by atoms with van der Waals surface area (Å²) in [7, 11) is 2.14. The van der Waals surface area contributed by atoms with Crippen molar-refractivity contribution < 1.29 is 0 Å². The first-order chi connectivity index (χ1) is 8.74. The van der Waals surface area contributed by atoms with E-state index in [0.29, 0.717) is 6.04 Å². The molecule has 1 N–H and O–H groups in total. The Labute approximate surface area is 114 Å². The van der Waals surface area contributed by atoms with Gasteiger partial charge in [-0.2, -0.15) is 0 Å². The molecule has 2 fully saturated rings. The van der Waals surface area contributed by atoms with Crippen molar-refractivity contribution in [3.63, 3.8) is 0 Å². The molecule has 2 atom stereocenters. The van der Waals surface area contributed by atoms with Crippen molar-refractivity contribution in [3.8, 4) is 0 Å². The highest BCUT2D eigenvalue weighted by atomic mass is 15.2. The first kappa shape index (κ1) is 14.3. The monoisotopic (exact) mass is 252 g/mol. The van der Waals surface area contributed by atoms with Gasteiger partial charge in [0.25, 0.3) is 0 Å². The van der Waals surface area contributed by atoms with Crippen molar-refractivity contribution in [2.24, 2.45) is 5.41 Å². The lowest BCUT2D eigenvalue weighted by atomic mass is 9.85. The highest BCUT2D eigenvalue weighted by Crippen LogP contribution is 2.46. The molecular formula is C16H32N2. The van der Waals surface area contributed by atoms with Crippen molar-refractivity contribution >= 4 is 0 Å². The number of likely N-dealkylation sites (tertiary alicyclic amines) is 1. The molecule has 1 saturated carbocycles. The molecule has 2 rings (SSSR count). The van der Waals surface area contributed by atoms with Crippen LogP contribution in [0.4, 0.5) is 0 Å². The van der Waals surface area contributed by atoms with E-state index in [1.165, 1.54) is 64.5 Å². The van der Waals surface area contributed by atoms with Gasteiger partial charge < -0.3 is 5.32 Å². The van der Waals surface area contributed by atoms with Gasteiger partial charge in [-0.1, -0.05) is 33.1 Å². The summed E-state index contributed by atoms with van der Waals surface area (Å²) in [5, 5.41) is 3.57. The van der Waals surface area contributed by atoms with Gasteiger partial charge in [-0.3, -0.25) is 4.90 Å². The molecule has 2 unspecified atom stereocenters. The Bertz CT molecular complexity index is 245. The summed E-state index contributed by atoms with van der Waals surface area (Å²) in [5.41, 5.74) is 0.720. The van der Waals surface area contributed by atoms with E-state index < -0.39 is 0 Å².